The molecule has 3 aromatic heterocycles. The lowest BCUT2D eigenvalue weighted by atomic mass is 9.83. The molecule has 0 atom stereocenters. The van der Waals surface area contributed by atoms with E-state index in [0.717, 1.165) is 84.7 Å². The van der Waals surface area contributed by atoms with E-state index in [1.807, 2.05) is 54.6 Å². The summed E-state index contributed by atoms with van der Waals surface area (Å²) in [4.78, 5) is 17.8. The summed E-state index contributed by atoms with van der Waals surface area (Å²) in [5.41, 5.74) is 10.4. The lowest BCUT2D eigenvalue weighted by Crippen LogP contribution is -2.08. The van der Waals surface area contributed by atoms with E-state index < -0.39 is 5.97 Å². The summed E-state index contributed by atoms with van der Waals surface area (Å²) in [7, 11) is 3.35. The average molecular weight is 713 g/mol. The highest BCUT2D eigenvalue weighted by molar-refractivity contribution is 7.21. The number of nitrogens with zero attached hydrogens (tertiary/aromatic N) is 2. The molecule has 1 N–H and O–H groups in total. The molecule has 0 radical (unpaired) electrons. The number of hydrogen-bond donors (Lipinski definition) is 1. The SMILES string of the molecule is COc1cccc(Cn2c(-c3ccc4nc(-c5cc(OC)ccc5-c5ccc(Cl)cc5)ccc4c3)c(C3CCCCC3)c3sc(C(=O)O)cc32)c1. The topological polar surface area (TPSA) is 73.6 Å². The summed E-state index contributed by atoms with van der Waals surface area (Å²) in [5, 5.41) is 11.8. The standard InChI is InChI=1S/C43H37ClN2O4S/c1-49-32-10-6-7-26(21-32)25-46-38-24-39(43(47)48)51-42(38)40(28-8-4-3-5-9-28)41(46)30-14-19-36-29(22-30)13-20-37(45-36)35-23-33(50-2)17-18-34(35)27-11-15-31(44)16-12-27/h6-7,10-24,28H,3-5,8-9,25H2,1-2H3,(H,47,48). The van der Waals surface area contributed by atoms with Crippen LogP contribution in [0.3, 0.4) is 0 Å². The largest absolute Gasteiger partial charge is 0.497 e. The molecule has 0 aliphatic heterocycles. The normalized spacial score (nSPS) is 13.5. The van der Waals surface area contributed by atoms with Gasteiger partial charge in [-0.1, -0.05) is 73.3 Å². The second kappa shape index (κ2) is 13.9. The zero-order valence-corrected chi connectivity index (χ0v) is 30.1. The molecule has 0 spiro atoms. The molecule has 8 heteroatoms. The molecule has 8 rings (SSSR count). The fraction of sp³-hybridized carbons (Fsp3) is 0.209. The van der Waals surface area contributed by atoms with Gasteiger partial charge < -0.3 is 19.1 Å². The van der Waals surface area contributed by atoms with Gasteiger partial charge in [0.15, 0.2) is 0 Å². The molecular formula is C43H37ClN2O4S. The molecule has 3 heterocycles. The van der Waals surface area contributed by atoms with E-state index in [2.05, 4.69) is 53.1 Å². The molecule has 256 valence electrons. The fourth-order valence-corrected chi connectivity index (χ4v) is 8.87. The van der Waals surface area contributed by atoms with E-state index in [9.17, 15) is 9.90 Å². The second-order valence-corrected chi connectivity index (χ2v) is 14.7. The lowest BCUT2D eigenvalue weighted by molar-refractivity contribution is 0.0702. The highest BCUT2D eigenvalue weighted by atomic mass is 35.5. The molecule has 0 amide bonds. The summed E-state index contributed by atoms with van der Waals surface area (Å²) >= 11 is 7.62. The van der Waals surface area contributed by atoms with Crippen molar-refractivity contribution in [1.29, 1.82) is 0 Å². The van der Waals surface area contributed by atoms with Crippen molar-refractivity contribution in [2.24, 2.45) is 0 Å². The molecule has 51 heavy (non-hydrogen) atoms. The highest BCUT2D eigenvalue weighted by Crippen LogP contribution is 2.47. The molecule has 0 bridgehead atoms. The number of ether oxygens (including phenoxy) is 2. The molecule has 6 nitrogen and oxygen atoms in total. The maximum absolute atomic E-state index is 12.3. The monoisotopic (exact) mass is 712 g/mol. The first-order valence-corrected chi connectivity index (χ1v) is 18.5. The summed E-state index contributed by atoms with van der Waals surface area (Å²) in [5.74, 6) is 1.03. The van der Waals surface area contributed by atoms with Crippen LogP contribution in [0.1, 0.15) is 58.8 Å². The van der Waals surface area contributed by atoms with Crippen molar-refractivity contribution in [3.05, 3.63) is 124 Å². The van der Waals surface area contributed by atoms with Crippen molar-refractivity contribution in [3.63, 3.8) is 0 Å². The van der Waals surface area contributed by atoms with Gasteiger partial charge in [0, 0.05) is 22.5 Å². The Morgan fingerprint density at radius 1 is 0.843 bits per heavy atom. The minimum absolute atomic E-state index is 0.360. The van der Waals surface area contributed by atoms with Crippen LogP contribution in [0, 0.1) is 0 Å². The molecule has 4 aromatic carbocycles. The van der Waals surface area contributed by atoms with Crippen molar-refractivity contribution in [3.8, 4) is 45.1 Å². The van der Waals surface area contributed by atoms with E-state index in [4.69, 9.17) is 26.1 Å². The molecule has 1 fully saturated rings. The van der Waals surface area contributed by atoms with E-state index in [0.29, 0.717) is 22.4 Å². The van der Waals surface area contributed by atoms with Gasteiger partial charge in [0.05, 0.1) is 41.3 Å². The predicted molar refractivity (Wildman–Crippen MR) is 208 cm³/mol. The van der Waals surface area contributed by atoms with Gasteiger partial charge in [0.1, 0.15) is 16.4 Å². The zero-order valence-electron chi connectivity index (χ0n) is 28.5. The predicted octanol–water partition coefficient (Wildman–Crippen LogP) is 11.7. The maximum atomic E-state index is 12.3. The number of aromatic carboxylic acids is 1. The average Bonchev–Trinajstić information content (AvgIpc) is 3.73. The third kappa shape index (κ3) is 6.37. The number of methoxy groups -OCH3 is 2. The van der Waals surface area contributed by atoms with Crippen molar-refractivity contribution >= 4 is 50.0 Å². The number of pyridine rings is 1. The molecular weight excluding hydrogens is 676 g/mol. The van der Waals surface area contributed by atoms with Crippen LogP contribution in [-0.4, -0.2) is 34.8 Å². The Balaban J connectivity index is 1.29. The van der Waals surface area contributed by atoms with Gasteiger partial charge >= 0.3 is 5.97 Å². The minimum atomic E-state index is -0.886. The van der Waals surface area contributed by atoms with Crippen LogP contribution in [-0.2, 0) is 6.54 Å². The van der Waals surface area contributed by atoms with Crippen LogP contribution in [0.25, 0.3) is 54.8 Å². The summed E-state index contributed by atoms with van der Waals surface area (Å²) in [6.07, 6.45) is 5.79. The van der Waals surface area contributed by atoms with Crippen LogP contribution in [0.4, 0.5) is 0 Å². The minimum Gasteiger partial charge on any atom is -0.497 e. The summed E-state index contributed by atoms with van der Waals surface area (Å²) in [6.45, 7) is 0.587. The third-order valence-electron chi connectivity index (χ3n) is 10.1. The van der Waals surface area contributed by atoms with Crippen LogP contribution in [0.5, 0.6) is 11.5 Å². The Bertz CT molecular complexity index is 2410. The number of rotatable bonds is 9. The van der Waals surface area contributed by atoms with Gasteiger partial charge in [-0.25, -0.2) is 9.78 Å². The number of hydrogen-bond acceptors (Lipinski definition) is 5. The van der Waals surface area contributed by atoms with Gasteiger partial charge in [-0.05, 0) is 107 Å². The number of carbonyl (C=O) groups is 1. The molecule has 0 unspecified atom stereocenters. The number of fused-ring (bicyclic) bond motifs is 2. The second-order valence-electron chi connectivity index (χ2n) is 13.2. The van der Waals surface area contributed by atoms with E-state index in [-0.39, 0.29) is 0 Å². The number of thiophene rings is 1. The Morgan fingerprint density at radius 3 is 2.37 bits per heavy atom. The van der Waals surface area contributed by atoms with Crippen molar-refractivity contribution in [2.75, 3.05) is 14.2 Å². The van der Waals surface area contributed by atoms with E-state index in [1.165, 1.54) is 36.2 Å². The van der Waals surface area contributed by atoms with E-state index >= 15 is 0 Å². The Hall–Kier alpha value is -5.11. The highest BCUT2D eigenvalue weighted by Gasteiger charge is 2.29. The first-order valence-electron chi connectivity index (χ1n) is 17.3. The molecule has 0 saturated heterocycles. The van der Waals surface area contributed by atoms with Gasteiger partial charge in [0.2, 0.25) is 0 Å². The van der Waals surface area contributed by atoms with Gasteiger partial charge in [0.25, 0.3) is 0 Å². The maximum Gasteiger partial charge on any atom is 0.345 e. The van der Waals surface area contributed by atoms with Gasteiger partial charge in [-0.3, -0.25) is 0 Å². The quantitative estimate of drug-likeness (QED) is 0.161. The number of carboxylic acids is 1. The Kier molecular flexibility index (Phi) is 9.01. The summed E-state index contributed by atoms with van der Waals surface area (Å²) in [6, 6.07) is 34.6. The zero-order chi connectivity index (χ0) is 35.1. The van der Waals surface area contributed by atoms with E-state index in [1.54, 1.807) is 14.2 Å². The van der Waals surface area contributed by atoms with Gasteiger partial charge in [-0.2, -0.15) is 0 Å². The van der Waals surface area contributed by atoms with Crippen molar-refractivity contribution in [2.45, 2.75) is 44.6 Å². The number of carboxylic acid groups (broad SMARTS) is 1. The number of benzene rings is 4. The van der Waals surface area contributed by atoms with Crippen LogP contribution in [0.15, 0.2) is 103 Å². The number of halogens is 1. The molecule has 1 aliphatic carbocycles. The Labute approximate surface area is 305 Å². The third-order valence-corrected chi connectivity index (χ3v) is 11.5. The first-order chi connectivity index (χ1) is 24.9. The fourth-order valence-electron chi connectivity index (χ4n) is 7.62. The van der Waals surface area contributed by atoms with Crippen LogP contribution >= 0.6 is 22.9 Å². The molecule has 1 saturated carbocycles. The number of aromatic nitrogens is 2. The van der Waals surface area contributed by atoms with Crippen molar-refractivity contribution < 1.29 is 19.4 Å². The smallest absolute Gasteiger partial charge is 0.345 e. The van der Waals surface area contributed by atoms with Crippen molar-refractivity contribution in [1.82, 2.24) is 9.55 Å². The van der Waals surface area contributed by atoms with Gasteiger partial charge in [-0.15, -0.1) is 11.3 Å². The molecule has 1 aliphatic rings. The Morgan fingerprint density at radius 2 is 1.61 bits per heavy atom. The molecule has 7 aromatic rings. The first kappa shape index (κ1) is 33.1. The summed E-state index contributed by atoms with van der Waals surface area (Å²) < 4.78 is 14.6. The lowest BCUT2D eigenvalue weighted by Gasteiger charge is -2.24. The van der Waals surface area contributed by atoms with Crippen LogP contribution in [0.2, 0.25) is 5.02 Å². The van der Waals surface area contributed by atoms with Crippen LogP contribution < -0.4 is 9.47 Å².